The van der Waals surface area contributed by atoms with Crippen LogP contribution in [0.1, 0.15) is 20.8 Å². The van der Waals surface area contributed by atoms with Gasteiger partial charge in [0.1, 0.15) is 5.68 Å². The molecular formula is C25H25BN2OS3. The summed E-state index contributed by atoms with van der Waals surface area (Å²) >= 11 is 7.32. The molecular weight excluding hydrogens is 451 g/mol. The number of benzene rings is 2. The Hall–Kier alpha value is -2.35. The lowest BCUT2D eigenvalue weighted by Gasteiger charge is -2.15. The standard InChI is InChI=1S/C25H25BN2OS3/c1-4-11-20(17-31-25-28-27-24(30)32-25)16-18(2)19(3)23(29)26(21-12-7-5-8-13-21)22-14-9-6-10-15-22/h4-16H,17H2,1-3H3,(H,27,30)/b11-4+,19-18+,20-16+. The second-order valence-corrected chi connectivity index (χ2v) is 10.2. The zero-order chi connectivity index (χ0) is 22.9. The second-order valence-electron chi connectivity index (χ2n) is 7.29. The van der Waals surface area contributed by atoms with E-state index in [2.05, 4.69) is 35.0 Å². The Bertz CT molecular complexity index is 1100. The first-order valence-electron chi connectivity index (χ1n) is 10.3. The Labute approximate surface area is 204 Å². The summed E-state index contributed by atoms with van der Waals surface area (Å²) < 4.78 is 1.54. The Balaban J connectivity index is 1.90. The minimum absolute atomic E-state index is 0.118. The van der Waals surface area contributed by atoms with Gasteiger partial charge in [-0.25, -0.2) is 0 Å². The quantitative estimate of drug-likeness (QED) is 0.152. The van der Waals surface area contributed by atoms with Crippen LogP contribution in [0, 0.1) is 0 Å². The Morgan fingerprint density at radius 3 is 2.12 bits per heavy atom. The Morgan fingerprint density at radius 1 is 1.03 bits per heavy atom. The number of nitrogens with zero attached hydrogens (tertiary/aromatic N) is 2. The van der Waals surface area contributed by atoms with Crippen molar-refractivity contribution in [1.29, 1.82) is 0 Å². The van der Waals surface area contributed by atoms with Crippen molar-refractivity contribution in [1.82, 2.24) is 10.2 Å². The van der Waals surface area contributed by atoms with E-state index in [0.29, 0.717) is 4.34 Å². The highest BCUT2D eigenvalue weighted by atomic mass is 32.2. The lowest BCUT2D eigenvalue weighted by Crippen LogP contribution is -2.49. The third-order valence-corrected chi connectivity index (χ3v) is 7.32. The van der Waals surface area contributed by atoms with E-state index in [4.69, 9.17) is 0 Å². The molecule has 3 aromatic rings. The van der Waals surface area contributed by atoms with Crippen molar-refractivity contribution in [3.05, 3.63) is 95.6 Å². The molecule has 0 spiro atoms. The number of rotatable bonds is 9. The molecule has 0 N–H and O–H groups in total. The van der Waals surface area contributed by atoms with Crippen LogP contribution in [0.2, 0.25) is 0 Å². The molecule has 0 bridgehead atoms. The largest absolute Gasteiger partial charge is 0.305 e. The van der Waals surface area contributed by atoms with Gasteiger partial charge in [0, 0.05) is 5.75 Å². The zero-order valence-electron chi connectivity index (χ0n) is 18.4. The van der Waals surface area contributed by atoms with Gasteiger partial charge >= 0.3 is 0 Å². The van der Waals surface area contributed by atoms with Gasteiger partial charge in [0.15, 0.2) is 8.68 Å². The number of allylic oxidation sites excluding steroid dienone is 5. The van der Waals surface area contributed by atoms with Crippen LogP contribution in [0.3, 0.4) is 0 Å². The maximum absolute atomic E-state index is 13.7. The van der Waals surface area contributed by atoms with Crippen LogP contribution in [0.4, 0.5) is 0 Å². The molecule has 1 heterocycles. The van der Waals surface area contributed by atoms with E-state index in [1.807, 2.05) is 87.5 Å². The van der Waals surface area contributed by atoms with E-state index < -0.39 is 0 Å². The lowest BCUT2D eigenvalue weighted by molar-refractivity contribution is -0.109. The van der Waals surface area contributed by atoms with Crippen molar-refractivity contribution in [2.75, 3.05) is 5.75 Å². The van der Waals surface area contributed by atoms with Crippen molar-refractivity contribution in [2.24, 2.45) is 0 Å². The summed E-state index contributed by atoms with van der Waals surface area (Å²) in [5, 5.41) is 8.07. The minimum atomic E-state index is -0.324. The molecule has 3 nitrogen and oxygen atoms in total. The number of hydrogen-bond acceptors (Lipinski definition) is 6. The molecule has 162 valence electrons. The molecule has 3 rings (SSSR count). The van der Waals surface area contributed by atoms with E-state index in [1.54, 1.807) is 11.8 Å². The summed E-state index contributed by atoms with van der Waals surface area (Å²) in [7, 11) is 0. The van der Waals surface area contributed by atoms with Crippen LogP contribution in [-0.4, -0.2) is 28.3 Å². The molecule has 2 aromatic carbocycles. The highest BCUT2D eigenvalue weighted by molar-refractivity contribution is 8.01. The van der Waals surface area contributed by atoms with Gasteiger partial charge in [0.2, 0.25) is 0 Å². The third-order valence-electron chi connectivity index (χ3n) is 5.03. The van der Waals surface area contributed by atoms with Crippen LogP contribution in [0.15, 0.2) is 104 Å². The van der Waals surface area contributed by atoms with E-state index in [9.17, 15) is 4.79 Å². The van der Waals surface area contributed by atoms with Crippen molar-refractivity contribution in [3.63, 3.8) is 0 Å². The van der Waals surface area contributed by atoms with Crippen molar-refractivity contribution in [3.8, 4) is 0 Å². The second kappa shape index (κ2) is 12.0. The van der Waals surface area contributed by atoms with E-state index in [-0.39, 0.29) is 12.4 Å². The van der Waals surface area contributed by atoms with Gasteiger partial charge in [0.25, 0.3) is 6.71 Å². The van der Waals surface area contributed by atoms with Crippen LogP contribution in [0.5, 0.6) is 0 Å². The van der Waals surface area contributed by atoms with Crippen LogP contribution >= 0.6 is 35.7 Å². The molecule has 0 aliphatic rings. The average molecular weight is 477 g/mol. The summed E-state index contributed by atoms with van der Waals surface area (Å²) in [4.78, 5) is 13.7. The van der Waals surface area contributed by atoms with Crippen molar-refractivity contribution >= 4 is 59.0 Å². The maximum atomic E-state index is 13.7. The Kier molecular flexibility index (Phi) is 9.15. The third kappa shape index (κ3) is 6.58. The first kappa shape index (κ1) is 24.3. The summed E-state index contributed by atoms with van der Waals surface area (Å²) in [5.41, 5.74) is 4.98. The van der Waals surface area contributed by atoms with Gasteiger partial charge in [-0.1, -0.05) is 113 Å². The van der Waals surface area contributed by atoms with E-state index in [1.165, 1.54) is 11.3 Å². The van der Waals surface area contributed by atoms with Gasteiger partial charge < -0.3 is 4.79 Å². The highest BCUT2D eigenvalue weighted by Crippen LogP contribution is 2.26. The summed E-state index contributed by atoms with van der Waals surface area (Å²) in [5.74, 6) is 0.742. The normalized spacial score (nSPS) is 12.7. The molecule has 32 heavy (non-hydrogen) atoms. The maximum Gasteiger partial charge on any atom is 0.294 e. The van der Waals surface area contributed by atoms with E-state index >= 15 is 0 Å². The highest BCUT2D eigenvalue weighted by Gasteiger charge is 2.29. The van der Waals surface area contributed by atoms with Gasteiger partial charge in [-0.2, -0.15) is 0 Å². The van der Waals surface area contributed by atoms with Gasteiger partial charge in [-0.05, 0) is 37.5 Å². The average Bonchev–Trinajstić information content (AvgIpc) is 3.23. The lowest BCUT2D eigenvalue weighted by atomic mass is 9.37. The molecule has 0 aliphatic heterocycles. The minimum Gasteiger partial charge on any atom is -0.305 e. The van der Waals surface area contributed by atoms with Gasteiger partial charge in [0.05, 0.1) is 0 Å². The molecule has 0 aliphatic carbocycles. The van der Waals surface area contributed by atoms with Crippen LogP contribution < -0.4 is 10.9 Å². The number of aromatic nitrogens is 2. The monoisotopic (exact) mass is 476 g/mol. The fourth-order valence-electron chi connectivity index (χ4n) is 3.34. The fourth-order valence-corrected chi connectivity index (χ4v) is 5.37. The molecule has 0 radical (unpaired) electrons. The number of thioether (sulfide) groups is 1. The number of hydrogen-bond donors (Lipinski definition) is 1. The topological polar surface area (TPSA) is 42.9 Å². The van der Waals surface area contributed by atoms with Crippen molar-refractivity contribution < 1.29 is 4.79 Å². The predicted octanol–water partition coefficient (Wildman–Crippen LogP) is 5.18. The van der Waals surface area contributed by atoms with E-state index in [0.717, 1.165) is 37.7 Å². The fraction of sp³-hybridized carbons (Fsp3) is 0.160. The first-order chi connectivity index (χ1) is 15.5. The van der Waals surface area contributed by atoms with Gasteiger partial charge in [-0.15, -0.1) is 22.8 Å². The smallest absolute Gasteiger partial charge is 0.294 e. The molecule has 0 fully saturated rings. The summed E-state index contributed by atoms with van der Waals surface area (Å²) in [6.45, 7) is 5.60. The van der Waals surface area contributed by atoms with Gasteiger partial charge in [-0.3, -0.25) is 0 Å². The molecule has 0 atom stereocenters. The van der Waals surface area contributed by atoms with Crippen molar-refractivity contribution in [2.45, 2.75) is 29.5 Å². The molecule has 0 saturated carbocycles. The number of carbonyl (C=O) groups is 1. The number of thiol groups is 1. The predicted molar refractivity (Wildman–Crippen MR) is 142 cm³/mol. The molecule has 0 amide bonds. The molecule has 0 saturated heterocycles. The first-order valence-corrected chi connectivity index (χ1v) is 12.5. The van der Waals surface area contributed by atoms with Crippen LogP contribution in [-0.2, 0) is 4.79 Å². The zero-order valence-corrected chi connectivity index (χ0v) is 20.9. The molecule has 0 unspecified atom stereocenters. The summed E-state index contributed by atoms with van der Waals surface area (Å²) in [6, 6.07) is 20.0. The SMILES string of the molecule is C/C=C/C(=C\C(C)=C(/C)C(=O)B(c1ccccc1)c1ccccc1)CSc1nnc(S)s1. The molecule has 7 heteroatoms. The Morgan fingerprint density at radius 2 is 1.62 bits per heavy atom. The summed E-state index contributed by atoms with van der Waals surface area (Å²) in [6.07, 6.45) is 6.18. The number of carbonyl (C=O) groups excluding carboxylic acids is 1. The molecule has 1 aromatic heterocycles. The van der Waals surface area contributed by atoms with Crippen LogP contribution in [0.25, 0.3) is 0 Å².